The third kappa shape index (κ3) is 2.14. The number of hydrogen-bond donors (Lipinski definition) is 1. The van der Waals surface area contributed by atoms with Crippen LogP contribution in [-0.4, -0.2) is 25.4 Å². The lowest BCUT2D eigenvalue weighted by atomic mass is 10.1. The van der Waals surface area contributed by atoms with Gasteiger partial charge in [-0.2, -0.15) is 0 Å². The minimum atomic E-state index is -0.180. The standard InChI is InChI=1S/C14H16N2O2/c1-3-10-8-13(17)16(9-10)12-7-5-4-6-11(12)14(18)15-2/h3-7,10H,1,8-9H2,2H3,(H,15,18). The van der Waals surface area contributed by atoms with Crippen molar-refractivity contribution < 1.29 is 9.59 Å². The average Bonchev–Trinajstić information content (AvgIpc) is 2.79. The fraction of sp³-hybridized carbons (Fsp3) is 0.286. The Morgan fingerprint density at radius 3 is 2.83 bits per heavy atom. The zero-order valence-electron chi connectivity index (χ0n) is 10.3. The first-order chi connectivity index (χ1) is 8.67. The first-order valence-corrected chi connectivity index (χ1v) is 5.91. The molecular formula is C14H16N2O2. The van der Waals surface area contributed by atoms with Gasteiger partial charge in [-0.1, -0.05) is 18.2 Å². The molecule has 2 amide bonds. The highest BCUT2D eigenvalue weighted by Crippen LogP contribution is 2.28. The molecule has 1 aromatic rings. The van der Waals surface area contributed by atoms with Crippen LogP contribution in [0.15, 0.2) is 36.9 Å². The van der Waals surface area contributed by atoms with Crippen molar-refractivity contribution in [1.29, 1.82) is 0 Å². The van der Waals surface area contributed by atoms with Crippen molar-refractivity contribution >= 4 is 17.5 Å². The fourth-order valence-electron chi connectivity index (χ4n) is 2.16. The Morgan fingerprint density at radius 1 is 1.50 bits per heavy atom. The molecule has 2 rings (SSSR count). The molecule has 0 radical (unpaired) electrons. The number of amides is 2. The summed E-state index contributed by atoms with van der Waals surface area (Å²) in [6, 6.07) is 7.15. The van der Waals surface area contributed by atoms with Crippen molar-refractivity contribution in [2.24, 2.45) is 5.92 Å². The van der Waals surface area contributed by atoms with Crippen LogP contribution in [-0.2, 0) is 4.79 Å². The van der Waals surface area contributed by atoms with Crippen LogP contribution >= 0.6 is 0 Å². The van der Waals surface area contributed by atoms with E-state index >= 15 is 0 Å². The molecule has 1 saturated heterocycles. The van der Waals surface area contributed by atoms with Crippen LogP contribution in [0.5, 0.6) is 0 Å². The molecule has 0 bridgehead atoms. The summed E-state index contributed by atoms with van der Waals surface area (Å²) in [4.78, 5) is 25.4. The molecule has 1 aliphatic rings. The summed E-state index contributed by atoms with van der Waals surface area (Å²) < 4.78 is 0. The molecule has 1 aliphatic heterocycles. The number of rotatable bonds is 3. The van der Waals surface area contributed by atoms with E-state index in [1.165, 1.54) is 0 Å². The molecule has 4 heteroatoms. The molecule has 4 nitrogen and oxygen atoms in total. The van der Waals surface area contributed by atoms with Crippen molar-refractivity contribution in [3.8, 4) is 0 Å². The van der Waals surface area contributed by atoms with Gasteiger partial charge < -0.3 is 10.2 Å². The van der Waals surface area contributed by atoms with Crippen LogP contribution < -0.4 is 10.2 Å². The van der Waals surface area contributed by atoms with Gasteiger partial charge in [0.15, 0.2) is 0 Å². The highest BCUT2D eigenvalue weighted by atomic mass is 16.2. The monoisotopic (exact) mass is 244 g/mol. The first kappa shape index (κ1) is 12.4. The van der Waals surface area contributed by atoms with Gasteiger partial charge >= 0.3 is 0 Å². The number of benzene rings is 1. The fourth-order valence-corrected chi connectivity index (χ4v) is 2.16. The van der Waals surface area contributed by atoms with E-state index in [9.17, 15) is 9.59 Å². The van der Waals surface area contributed by atoms with E-state index in [4.69, 9.17) is 0 Å². The average molecular weight is 244 g/mol. The maximum atomic E-state index is 12.0. The molecule has 0 spiro atoms. The van der Waals surface area contributed by atoms with Crippen LogP contribution in [0.3, 0.4) is 0 Å². The molecule has 1 aromatic carbocycles. The van der Waals surface area contributed by atoms with Gasteiger partial charge in [0.1, 0.15) is 0 Å². The Balaban J connectivity index is 2.36. The number of para-hydroxylation sites is 1. The third-order valence-corrected chi connectivity index (χ3v) is 3.15. The molecule has 1 fully saturated rings. The summed E-state index contributed by atoms with van der Waals surface area (Å²) in [7, 11) is 1.58. The second kappa shape index (κ2) is 5.04. The van der Waals surface area contributed by atoms with Gasteiger partial charge in [0.25, 0.3) is 5.91 Å². The molecule has 1 N–H and O–H groups in total. The van der Waals surface area contributed by atoms with Gasteiger partial charge in [0.2, 0.25) is 5.91 Å². The summed E-state index contributed by atoms with van der Waals surface area (Å²) >= 11 is 0. The van der Waals surface area contributed by atoms with Crippen LogP contribution in [0.4, 0.5) is 5.69 Å². The smallest absolute Gasteiger partial charge is 0.253 e. The number of hydrogen-bond acceptors (Lipinski definition) is 2. The Labute approximate surface area is 106 Å². The highest BCUT2D eigenvalue weighted by Gasteiger charge is 2.30. The summed E-state index contributed by atoms with van der Waals surface area (Å²) in [5, 5.41) is 2.59. The van der Waals surface area contributed by atoms with E-state index in [1.807, 2.05) is 6.07 Å². The summed E-state index contributed by atoms with van der Waals surface area (Å²) in [5.74, 6) is 0.0203. The zero-order chi connectivity index (χ0) is 13.1. The number of carbonyl (C=O) groups excluding carboxylic acids is 2. The molecule has 0 aromatic heterocycles. The summed E-state index contributed by atoms with van der Waals surface area (Å²) in [5.41, 5.74) is 1.20. The van der Waals surface area contributed by atoms with Crippen molar-refractivity contribution in [2.75, 3.05) is 18.5 Å². The number of carbonyl (C=O) groups is 2. The summed E-state index contributed by atoms with van der Waals surface area (Å²) in [6.45, 7) is 4.31. The lowest BCUT2D eigenvalue weighted by Crippen LogP contribution is -2.28. The van der Waals surface area contributed by atoms with Crippen molar-refractivity contribution in [1.82, 2.24) is 5.32 Å². The lowest BCUT2D eigenvalue weighted by molar-refractivity contribution is -0.117. The van der Waals surface area contributed by atoms with E-state index in [-0.39, 0.29) is 17.7 Å². The van der Waals surface area contributed by atoms with E-state index in [0.717, 1.165) is 0 Å². The van der Waals surface area contributed by atoms with Gasteiger partial charge in [-0.05, 0) is 12.1 Å². The number of nitrogens with zero attached hydrogens (tertiary/aromatic N) is 1. The SMILES string of the molecule is C=CC1CC(=O)N(c2ccccc2C(=O)NC)C1. The van der Waals surface area contributed by atoms with Crippen LogP contribution in [0.1, 0.15) is 16.8 Å². The van der Waals surface area contributed by atoms with Gasteiger partial charge in [-0.3, -0.25) is 9.59 Å². The van der Waals surface area contributed by atoms with Gasteiger partial charge in [0.05, 0.1) is 11.3 Å². The molecule has 18 heavy (non-hydrogen) atoms. The lowest BCUT2D eigenvalue weighted by Gasteiger charge is -2.19. The van der Waals surface area contributed by atoms with Crippen LogP contribution in [0.2, 0.25) is 0 Å². The molecule has 1 unspecified atom stereocenters. The summed E-state index contributed by atoms with van der Waals surface area (Å²) in [6.07, 6.45) is 2.26. The third-order valence-electron chi connectivity index (χ3n) is 3.15. The van der Waals surface area contributed by atoms with Gasteiger partial charge in [-0.15, -0.1) is 6.58 Å². The predicted octanol–water partition coefficient (Wildman–Crippen LogP) is 1.59. The Bertz CT molecular complexity index is 496. The minimum absolute atomic E-state index is 0.0382. The number of nitrogens with one attached hydrogen (secondary N) is 1. The largest absolute Gasteiger partial charge is 0.355 e. The van der Waals surface area contributed by atoms with Crippen molar-refractivity contribution in [2.45, 2.75) is 6.42 Å². The van der Waals surface area contributed by atoms with Gasteiger partial charge in [0, 0.05) is 25.9 Å². The molecule has 0 aliphatic carbocycles. The van der Waals surface area contributed by atoms with Crippen molar-refractivity contribution in [3.05, 3.63) is 42.5 Å². The number of anilines is 1. The molecular weight excluding hydrogens is 228 g/mol. The van der Waals surface area contributed by atoms with E-state index in [0.29, 0.717) is 24.2 Å². The predicted molar refractivity (Wildman–Crippen MR) is 70.5 cm³/mol. The van der Waals surface area contributed by atoms with E-state index < -0.39 is 0 Å². The molecule has 0 saturated carbocycles. The quantitative estimate of drug-likeness (QED) is 0.821. The van der Waals surface area contributed by atoms with Gasteiger partial charge in [-0.25, -0.2) is 0 Å². The molecule has 1 heterocycles. The van der Waals surface area contributed by atoms with E-state index in [1.54, 1.807) is 36.2 Å². The van der Waals surface area contributed by atoms with Crippen molar-refractivity contribution in [3.63, 3.8) is 0 Å². The zero-order valence-corrected chi connectivity index (χ0v) is 10.3. The maximum absolute atomic E-state index is 12.0. The maximum Gasteiger partial charge on any atom is 0.253 e. The topological polar surface area (TPSA) is 49.4 Å². The second-order valence-electron chi connectivity index (χ2n) is 4.30. The molecule has 94 valence electrons. The highest BCUT2D eigenvalue weighted by molar-refractivity contribution is 6.05. The minimum Gasteiger partial charge on any atom is -0.355 e. The molecule has 1 atom stereocenters. The van der Waals surface area contributed by atoms with Crippen LogP contribution in [0, 0.1) is 5.92 Å². The van der Waals surface area contributed by atoms with Crippen LogP contribution in [0.25, 0.3) is 0 Å². The van der Waals surface area contributed by atoms with E-state index in [2.05, 4.69) is 11.9 Å². The normalized spacial score (nSPS) is 18.8. The Morgan fingerprint density at radius 2 is 2.22 bits per heavy atom. The Kier molecular flexibility index (Phi) is 3.46. The Hall–Kier alpha value is -2.10. The second-order valence-corrected chi connectivity index (χ2v) is 4.30. The first-order valence-electron chi connectivity index (χ1n) is 5.91.